The lowest BCUT2D eigenvalue weighted by Crippen LogP contribution is -2.41. The van der Waals surface area contributed by atoms with Gasteiger partial charge in [0.15, 0.2) is 6.29 Å². The summed E-state index contributed by atoms with van der Waals surface area (Å²) in [6.07, 6.45) is -0.736. The highest BCUT2D eigenvalue weighted by Crippen LogP contribution is 2.33. The number of hydrogen-bond acceptors (Lipinski definition) is 15. The number of amides is 4. The highest BCUT2D eigenvalue weighted by molar-refractivity contribution is 6.07. The van der Waals surface area contributed by atoms with Gasteiger partial charge < -0.3 is 72.0 Å². The lowest BCUT2D eigenvalue weighted by Gasteiger charge is -2.26. The molecular weight excluding hydrogens is 893 g/mol. The Labute approximate surface area is 414 Å². The van der Waals surface area contributed by atoms with Crippen LogP contribution in [-0.4, -0.2) is 169 Å². The first-order valence-corrected chi connectivity index (χ1v) is 24.0. The third-order valence-corrected chi connectivity index (χ3v) is 8.76. The van der Waals surface area contributed by atoms with E-state index in [4.69, 9.17) is 25.2 Å². The smallest absolute Gasteiger partial charge is 0.254 e. The number of carbonyl (C=O) groups excluding carboxylic acids is 6. The lowest BCUT2D eigenvalue weighted by atomic mass is 9.90. The first kappa shape index (κ1) is 78.3. The van der Waals surface area contributed by atoms with Crippen molar-refractivity contribution < 1.29 is 64.5 Å². The van der Waals surface area contributed by atoms with Crippen LogP contribution in [0.1, 0.15) is 158 Å². The predicted molar refractivity (Wildman–Crippen MR) is 281 cm³/mol. The molecular formula is C50H96N6O13. The van der Waals surface area contributed by atoms with Gasteiger partial charge >= 0.3 is 0 Å². The average molecular weight is 989 g/mol. The molecule has 12 N–H and O–H groups in total. The van der Waals surface area contributed by atoms with Gasteiger partial charge in [0, 0.05) is 73.4 Å². The maximum atomic E-state index is 13.8. The second kappa shape index (κ2) is 51.0. The molecule has 69 heavy (non-hydrogen) atoms. The van der Waals surface area contributed by atoms with Gasteiger partial charge in [-0.05, 0) is 82.0 Å². The SMILES string of the molecule is CC.CC.CC.CC.CC.CC.CNCC(O)CO.CNc1c(C)c(C(=O)NCCN(CCO)C(=O)c2c(C)c(C=O)c(C)c(NC(=O)CO)c2C)c(C)c(C(=O)NCC(O)CO)c1C.O=CCO. The Kier molecular flexibility index (Phi) is 57.9. The molecule has 0 radical (unpaired) electrons. The van der Waals surface area contributed by atoms with Gasteiger partial charge in [0.25, 0.3) is 17.7 Å². The van der Waals surface area contributed by atoms with Gasteiger partial charge in [0.1, 0.15) is 12.9 Å². The fraction of sp³-hybridized carbons (Fsp3) is 0.640. The third-order valence-electron chi connectivity index (χ3n) is 8.76. The maximum absolute atomic E-state index is 13.8. The molecule has 0 aromatic heterocycles. The van der Waals surface area contributed by atoms with Crippen LogP contribution in [-0.2, 0) is 9.59 Å². The van der Waals surface area contributed by atoms with Crippen LogP contribution in [0.2, 0.25) is 0 Å². The number of aliphatic hydroxyl groups is 7. The minimum absolute atomic E-state index is 0.0259. The van der Waals surface area contributed by atoms with Crippen LogP contribution in [0.25, 0.3) is 0 Å². The molecule has 0 saturated heterocycles. The van der Waals surface area contributed by atoms with Gasteiger partial charge in [-0.1, -0.05) is 83.1 Å². The van der Waals surface area contributed by atoms with E-state index in [9.17, 15) is 39.3 Å². The highest BCUT2D eigenvalue weighted by Gasteiger charge is 2.28. The molecule has 2 unspecified atom stereocenters. The molecule has 0 spiro atoms. The summed E-state index contributed by atoms with van der Waals surface area (Å²) < 4.78 is 0. The van der Waals surface area contributed by atoms with Gasteiger partial charge in [-0.3, -0.25) is 24.0 Å². The molecule has 2 aromatic carbocycles. The number of nitrogens with zero attached hydrogens (tertiary/aromatic N) is 1. The number of aliphatic hydroxyl groups excluding tert-OH is 7. The number of benzene rings is 2. The molecule has 2 atom stereocenters. The number of anilines is 2. The van der Waals surface area contributed by atoms with E-state index in [-0.39, 0.29) is 73.9 Å². The van der Waals surface area contributed by atoms with Crippen molar-refractivity contribution in [1.29, 1.82) is 0 Å². The molecule has 2 aromatic rings. The van der Waals surface area contributed by atoms with E-state index in [1.807, 2.05) is 83.1 Å². The maximum Gasteiger partial charge on any atom is 0.254 e. The van der Waals surface area contributed by atoms with Crippen molar-refractivity contribution in [2.24, 2.45) is 0 Å². The molecule has 4 amide bonds. The molecule has 0 aliphatic carbocycles. The first-order valence-electron chi connectivity index (χ1n) is 24.0. The fourth-order valence-electron chi connectivity index (χ4n) is 6.03. The molecule has 0 aliphatic rings. The molecule has 19 nitrogen and oxygen atoms in total. The number of hydrogen-bond donors (Lipinski definition) is 12. The molecule has 0 heterocycles. The number of nitrogens with one attached hydrogen (secondary N) is 5. The summed E-state index contributed by atoms with van der Waals surface area (Å²) in [6, 6.07) is 0. The molecule has 404 valence electrons. The van der Waals surface area contributed by atoms with E-state index in [0.717, 1.165) is 0 Å². The van der Waals surface area contributed by atoms with Gasteiger partial charge in [0.2, 0.25) is 5.91 Å². The van der Waals surface area contributed by atoms with E-state index in [1.165, 1.54) is 4.90 Å². The zero-order valence-corrected chi connectivity index (χ0v) is 45.9. The predicted octanol–water partition coefficient (Wildman–Crippen LogP) is 4.16. The Hall–Kier alpha value is -4.86. The zero-order chi connectivity index (χ0) is 56.0. The summed E-state index contributed by atoms with van der Waals surface area (Å²) in [7, 11) is 3.38. The van der Waals surface area contributed by atoms with Crippen LogP contribution < -0.4 is 26.6 Å². The largest absolute Gasteiger partial charge is 0.395 e. The quantitative estimate of drug-likeness (QED) is 0.0880. The fourth-order valence-corrected chi connectivity index (χ4v) is 6.03. The number of rotatable bonds is 19. The number of aldehydes is 2. The van der Waals surface area contributed by atoms with Crippen LogP contribution in [0.15, 0.2) is 0 Å². The summed E-state index contributed by atoms with van der Waals surface area (Å²) >= 11 is 0. The van der Waals surface area contributed by atoms with E-state index in [1.54, 1.807) is 55.6 Å². The van der Waals surface area contributed by atoms with Gasteiger partial charge in [-0.2, -0.15) is 0 Å². The minimum Gasteiger partial charge on any atom is -0.395 e. The van der Waals surface area contributed by atoms with Crippen molar-refractivity contribution in [3.05, 3.63) is 55.6 Å². The molecule has 0 bridgehead atoms. The summed E-state index contributed by atoms with van der Waals surface area (Å²) in [5.41, 5.74) is 4.41. The van der Waals surface area contributed by atoms with E-state index < -0.39 is 49.1 Å². The molecule has 0 aliphatic heterocycles. The van der Waals surface area contributed by atoms with E-state index in [2.05, 4.69) is 26.6 Å². The summed E-state index contributed by atoms with van der Waals surface area (Å²) in [5, 5.41) is 75.6. The highest BCUT2D eigenvalue weighted by atomic mass is 16.3. The van der Waals surface area contributed by atoms with Crippen LogP contribution in [0.5, 0.6) is 0 Å². The standard InChI is InChI=1S/C32H45N5O9.C4H11NO2.C2H4O2.6C2H6/c1-16-23(14-40)17(2)29(36-24(43)15-41)21(6)27(16)32(46)37(10-11-38)9-8-34-30(44)25-18(3)26(20(5)28(33-7)19(25)4)31(45)35-12-22(42)13-39;1-5-2-4(7)3-6;3-1-2-4;6*1-2/h14,22,33,38-39,41-42H,8-13,15H2,1-7H3,(H,34,44)(H,35,45)(H,36,43);4-7H,2-3H2,1H3;1,4H,2H2;6*1-2H3. The topological polar surface area (TPSA) is 307 Å². The van der Waals surface area contributed by atoms with Crippen molar-refractivity contribution in [1.82, 2.24) is 20.9 Å². The molecule has 0 fully saturated rings. The number of likely N-dealkylation sites (N-methyl/N-ethyl adjacent to an activating group) is 1. The minimum atomic E-state index is -1.14. The van der Waals surface area contributed by atoms with Crippen molar-refractivity contribution >= 4 is 47.6 Å². The summed E-state index contributed by atoms with van der Waals surface area (Å²) in [5.74, 6) is -2.29. The van der Waals surface area contributed by atoms with Gasteiger partial charge in [-0.25, -0.2) is 0 Å². The van der Waals surface area contributed by atoms with Crippen molar-refractivity contribution in [2.45, 2.75) is 137 Å². The van der Waals surface area contributed by atoms with E-state index >= 15 is 0 Å². The lowest BCUT2D eigenvalue weighted by molar-refractivity contribution is -0.118. The molecule has 2 rings (SSSR count). The summed E-state index contributed by atoms with van der Waals surface area (Å²) in [4.78, 5) is 74.6. The summed E-state index contributed by atoms with van der Waals surface area (Å²) in [6.45, 7) is 31.8. The van der Waals surface area contributed by atoms with Crippen molar-refractivity contribution in [3.63, 3.8) is 0 Å². The van der Waals surface area contributed by atoms with Crippen LogP contribution in [0.4, 0.5) is 11.4 Å². The van der Waals surface area contributed by atoms with Crippen molar-refractivity contribution in [3.8, 4) is 0 Å². The van der Waals surface area contributed by atoms with Gasteiger partial charge in [0.05, 0.1) is 38.6 Å². The monoisotopic (exact) mass is 989 g/mol. The Morgan fingerprint density at radius 3 is 1.33 bits per heavy atom. The normalized spacial score (nSPS) is 9.96. The second-order valence-electron chi connectivity index (χ2n) is 12.7. The Balaban J connectivity index is -0.000000282. The Morgan fingerprint density at radius 2 is 0.986 bits per heavy atom. The van der Waals surface area contributed by atoms with Crippen LogP contribution >= 0.6 is 0 Å². The third kappa shape index (κ3) is 28.4. The Bertz CT molecular complexity index is 1690. The second-order valence-corrected chi connectivity index (χ2v) is 12.7. The van der Waals surface area contributed by atoms with Crippen LogP contribution in [0.3, 0.4) is 0 Å². The molecule has 0 saturated carbocycles. The van der Waals surface area contributed by atoms with Crippen LogP contribution in [0, 0.1) is 41.5 Å². The van der Waals surface area contributed by atoms with Crippen molar-refractivity contribution in [2.75, 3.05) is 90.5 Å². The molecule has 19 heteroatoms. The number of carbonyl (C=O) groups is 6. The first-order chi connectivity index (χ1) is 32.9. The zero-order valence-electron chi connectivity index (χ0n) is 45.9. The van der Waals surface area contributed by atoms with Gasteiger partial charge in [-0.15, -0.1) is 0 Å². The Morgan fingerprint density at radius 1 is 0.565 bits per heavy atom. The van der Waals surface area contributed by atoms with E-state index in [0.29, 0.717) is 58.2 Å². The average Bonchev–Trinajstić information content (AvgIpc) is 3.38.